The summed E-state index contributed by atoms with van der Waals surface area (Å²) in [5.41, 5.74) is 1.41. The minimum absolute atomic E-state index is 0.235. The van der Waals surface area contributed by atoms with E-state index in [4.69, 9.17) is 4.74 Å². The van der Waals surface area contributed by atoms with Gasteiger partial charge in [-0.05, 0) is 77.0 Å². The number of sulfonamides is 1. The number of hydrogen-bond donors (Lipinski definition) is 1. The zero-order valence-corrected chi connectivity index (χ0v) is 14.7. The Morgan fingerprint density at radius 1 is 1.14 bits per heavy atom. The van der Waals surface area contributed by atoms with E-state index in [0.29, 0.717) is 17.9 Å². The van der Waals surface area contributed by atoms with Gasteiger partial charge >= 0.3 is 0 Å². The van der Waals surface area contributed by atoms with Crippen molar-refractivity contribution in [1.82, 2.24) is 0 Å². The van der Waals surface area contributed by atoms with Gasteiger partial charge in [0, 0.05) is 9.26 Å². The van der Waals surface area contributed by atoms with Crippen LogP contribution in [0.1, 0.15) is 12.5 Å². The molecule has 0 saturated heterocycles. The molecule has 2 aromatic carbocycles. The lowest BCUT2D eigenvalue weighted by atomic mass is 10.1. The lowest BCUT2D eigenvalue weighted by Gasteiger charge is -2.11. The van der Waals surface area contributed by atoms with Crippen molar-refractivity contribution in [3.8, 4) is 5.75 Å². The maximum atomic E-state index is 12.4. The van der Waals surface area contributed by atoms with Gasteiger partial charge in [0.1, 0.15) is 5.75 Å². The number of ether oxygens (including phenoxy) is 1. The smallest absolute Gasteiger partial charge is 0.261 e. The van der Waals surface area contributed by atoms with Crippen LogP contribution in [-0.2, 0) is 16.4 Å². The van der Waals surface area contributed by atoms with Gasteiger partial charge < -0.3 is 4.74 Å². The fraction of sp³-hybridized carbons (Fsp3) is 0.200. The number of rotatable bonds is 5. The Morgan fingerprint density at radius 3 is 2.38 bits per heavy atom. The Labute approximate surface area is 138 Å². The molecule has 0 fully saturated rings. The highest BCUT2D eigenvalue weighted by atomic mass is 127. The second kappa shape index (κ2) is 6.65. The molecule has 0 bridgehead atoms. The van der Waals surface area contributed by atoms with Gasteiger partial charge in [0.05, 0.1) is 12.0 Å². The van der Waals surface area contributed by atoms with Crippen LogP contribution in [0.5, 0.6) is 5.75 Å². The van der Waals surface area contributed by atoms with Gasteiger partial charge in [-0.3, -0.25) is 4.72 Å². The van der Waals surface area contributed by atoms with Crippen LogP contribution >= 0.6 is 22.6 Å². The summed E-state index contributed by atoms with van der Waals surface area (Å²) in [5, 5.41) is 0. The minimum Gasteiger partial charge on any atom is -0.496 e. The fourth-order valence-electron chi connectivity index (χ4n) is 1.93. The van der Waals surface area contributed by atoms with Crippen molar-refractivity contribution in [2.75, 3.05) is 11.8 Å². The zero-order valence-electron chi connectivity index (χ0n) is 11.8. The molecule has 2 aromatic rings. The average molecular weight is 417 g/mol. The zero-order chi connectivity index (χ0) is 15.5. The van der Waals surface area contributed by atoms with Crippen molar-refractivity contribution >= 4 is 38.3 Å². The van der Waals surface area contributed by atoms with Crippen LogP contribution in [0.4, 0.5) is 5.69 Å². The molecular formula is C15H16INO3S. The molecular weight excluding hydrogens is 401 g/mol. The molecule has 0 aliphatic rings. The number of methoxy groups -OCH3 is 1. The summed E-state index contributed by atoms with van der Waals surface area (Å²) >= 11 is 2.17. The molecule has 0 aliphatic carbocycles. The predicted octanol–water partition coefficient (Wildman–Crippen LogP) is 3.66. The van der Waals surface area contributed by atoms with E-state index in [1.54, 1.807) is 37.4 Å². The maximum Gasteiger partial charge on any atom is 0.261 e. The Kier molecular flexibility index (Phi) is 5.10. The standard InChI is InChI=1S/C15H16INO3S/c1-3-11-10-14(8-9-15(11)20-2)21(18,19)17-13-6-4-12(16)5-7-13/h4-10,17H,3H2,1-2H3. The minimum atomic E-state index is -3.59. The van der Waals surface area contributed by atoms with Crippen LogP contribution in [0.2, 0.25) is 0 Å². The third-order valence-electron chi connectivity index (χ3n) is 3.04. The largest absolute Gasteiger partial charge is 0.496 e. The van der Waals surface area contributed by atoms with Crippen molar-refractivity contribution in [3.05, 3.63) is 51.6 Å². The van der Waals surface area contributed by atoms with Gasteiger partial charge in [-0.2, -0.15) is 0 Å². The van der Waals surface area contributed by atoms with Crippen molar-refractivity contribution in [3.63, 3.8) is 0 Å². The summed E-state index contributed by atoms with van der Waals surface area (Å²) in [6.07, 6.45) is 0.704. The molecule has 0 aliphatic heterocycles. The van der Waals surface area contributed by atoms with Crippen LogP contribution in [0.3, 0.4) is 0 Å². The second-order valence-electron chi connectivity index (χ2n) is 4.44. The molecule has 0 spiro atoms. The molecule has 4 nitrogen and oxygen atoms in total. The van der Waals surface area contributed by atoms with E-state index in [1.165, 1.54) is 0 Å². The normalized spacial score (nSPS) is 11.2. The van der Waals surface area contributed by atoms with Crippen LogP contribution in [0.25, 0.3) is 0 Å². The van der Waals surface area contributed by atoms with E-state index in [-0.39, 0.29) is 4.90 Å². The Balaban J connectivity index is 2.33. The Bertz CT molecular complexity index is 727. The molecule has 1 N–H and O–H groups in total. The van der Waals surface area contributed by atoms with Gasteiger partial charge in [-0.25, -0.2) is 8.42 Å². The number of aryl methyl sites for hydroxylation is 1. The van der Waals surface area contributed by atoms with Gasteiger partial charge in [0.2, 0.25) is 0 Å². The summed E-state index contributed by atoms with van der Waals surface area (Å²) in [6.45, 7) is 1.96. The highest BCUT2D eigenvalue weighted by Gasteiger charge is 2.16. The van der Waals surface area contributed by atoms with Gasteiger partial charge in [-0.1, -0.05) is 6.92 Å². The van der Waals surface area contributed by atoms with Crippen molar-refractivity contribution in [2.24, 2.45) is 0 Å². The second-order valence-corrected chi connectivity index (χ2v) is 7.37. The van der Waals surface area contributed by atoms with Crippen LogP contribution in [0, 0.1) is 3.57 Å². The van der Waals surface area contributed by atoms with Crippen LogP contribution in [0.15, 0.2) is 47.4 Å². The third-order valence-corrected chi connectivity index (χ3v) is 5.14. The first-order valence-electron chi connectivity index (χ1n) is 6.41. The maximum absolute atomic E-state index is 12.4. The predicted molar refractivity (Wildman–Crippen MR) is 92.3 cm³/mol. The van der Waals surface area contributed by atoms with Crippen molar-refractivity contribution in [2.45, 2.75) is 18.2 Å². The summed E-state index contributed by atoms with van der Waals surface area (Å²) in [5.74, 6) is 0.700. The van der Waals surface area contributed by atoms with Crippen molar-refractivity contribution < 1.29 is 13.2 Å². The summed E-state index contributed by atoms with van der Waals surface area (Å²) in [7, 11) is -2.02. The van der Waals surface area contributed by atoms with E-state index in [2.05, 4.69) is 27.3 Å². The van der Waals surface area contributed by atoms with Crippen LogP contribution in [-0.4, -0.2) is 15.5 Å². The number of benzene rings is 2. The first kappa shape index (κ1) is 16.1. The Morgan fingerprint density at radius 2 is 1.81 bits per heavy atom. The SMILES string of the molecule is CCc1cc(S(=O)(=O)Nc2ccc(I)cc2)ccc1OC. The summed E-state index contributed by atoms with van der Waals surface area (Å²) < 4.78 is 33.6. The molecule has 112 valence electrons. The number of anilines is 1. The molecule has 0 saturated carbocycles. The molecule has 0 aromatic heterocycles. The van der Waals surface area contributed by atoms with E-state index in [0.717, 1.165) is 9.13 Å². The quantitative estimate of drug-likeness (QED) is 0.756. The molecule has 0 unspecified atom stereocenters. The average Bonchev–Trinajstić information content (AvgIpc) is 2.48. The van der Waals surface area contributed by atoms with E-state index < -0.39 is 10.0 Å². The molecule has 0 radical (unpaired) electrons. The summed E-state index contributed by atoms with van der Waals surface area (Å²) in [4.78, 5) is 0.235. The fourth-order valence-corrected chi connectivity index (χ4v) is 3.40. The highest BCUT2D eigenvalue weighted by Crippen LogP contribution is 2.24. The topological polar surface area (TPSA) is 55.4 Å². The van der Waals surface area contributed by atoms with Gasteiger partial charge in [0.25, 0.3) is 10.0 Å². The molecule has 6 heteroatoms. The summed E-state index contributed by atoms with van der Waals surface area (Å²) in [6, 6.07) is 12.1. The van der Waals surface area contributed by atoms with Gasteiger partial charge in [0.15, 0.2) is 0 Å². The Hall–Kier alpha value is -1.28. The molecule has 21 heavy (non-hydrogen) atoms. The van der Waals surface area contributed by atoms with E-state index in [1.807, 2.05) is 19.1 Å². The monoisotopic (exact) mass is 417 g/mol. The first-order valence-corrected chi connectivity index (χ1v) is 8.97. The molecule has 0 amide bonds. The highest BCUT2D eigenvalue weighted by molar-refractivity contribution is 14.1. The third kappa shape index (κ3) is 3.88. The van der Waals surface area contributed by atoms with Crippen LogP contribution < -0.4 is 9.46 Å². The first-order chi connectivity index (χ1) is 9.96. The van der Waals surface area contributed by atoms with Gasteiger partial charge in [-0.15, -0.1) is 0 Å². The number of hydrogen-bond acceptors (Lipinski definition) is 3. The molecule has 0 atom stereocenters. The molecule has 0 heterocycles. The van der Waals surface area contributed by atoms with E-state index >= 15 is 0 Å². The van der Waals surface area contributed by atoms with Crippen molar-refractivity contribution in [1.29, 1.82) is 0 Å². The lowest BCUT2D eigenvalue weighted by Crippen LogP contribution is -2.13. The molecule has 2 rings (SSSR count). The lowest BCUT2D eigenvalue weighted by molar-refractivity contribution is 0.409. The number of halogens is 1. The van der Waals surface area contributed by atoms with E-state index in [9.17, 15) is 8.42 Å². The number of nitrogens with one attached hydrogen (secondary N) is 1.